The molecule has 0 aromatic carbocycles. The molecule has 4 nitrogen and oxygen atoms in total. The Balaban J connectivity index is 2.05. The summed E-state index contributed by atoms with van der Waals surface area (Å²) in [5.74, 6) is -0.306. The van der Waals surface area contributed by atoms with Crippen molar-refractivity contribution in [2.45, 2.75) is 18.9 Å². The van der Waals surface area contributed by atoms with Gasteiger partial charge < -0.3 is 15.8 Å². The standard InChI is InChI=1S/C11H14N2O2/c12-10(11(14)15)9-6-5-8(13-9)4-3-7-1-2-7/h3-7,10,13H,1-2,12H2,(H,14,15). The SMILES string of the molecule is NC(C(=O)O)c1ccc(C=CC2CC2)[nH]1. The summed E-state index contributed by atoms with van der Waals surface area (Å²) in [6.07, 6.45) is 6.65. The molecule has 1 atom stereocenters. The average molecular weight is 206 g/mol. The summed E-state index contributed by atoms with van der Waals surface area (Å²) in [6, 6.07) is 2.59. The maximum Gasteiger partial charge on any atom is 0.326 e. The Hall–Kier alpha value is -1.55. The Morgan fingerprint density at radius 2 is 2.33 bits per heavy atom. The first-order valence-corrected chi connectivity index (χ1v) is 5.02. The van der Waals surface area contributed by atoms with Crippen LogP contribution in [0.5, 0.6) is 0 Å². The molecule has 0 amide bonds. The quantitative estimate of drug-likeness (QED) is 0.698. The van der Waals surface area contributed by atoms with Gasteiger partial charge in [-0.3, -0.25) is 4.79 Å². The molecule has 1 aromatic heterocycles. The Morgan fingerprint density at radius 3 is 2.93 bits per heavy atom. The average Bonchev–Trinajstić information content (AvgIpc) is 2.92. The first-order chi connectivity index (χ1) is 7.16. The number of carboxylic acids is 1. The predicted octanol–water partition coefficient (Wildman–Crippen LogP) is 1.52. The van der Waals surface area contributed by atoms with Gasteiger partial charge in [0.25, 0.3) is 0 Å². The smallest absolute Gasteiger partial charge is 0.326 e. The van der Waals surface area contributed by atoms with Crippen LogP contribution in [0, 0.1) is 5.92 Å². The lowest BCUT2D eigenvalue weighted by molar-refractivity contribution is -0.138. The molecule has 80 valence electrons. The van der Waals surface area contributed by atoms with Crippen molar-refractivity contribution < 1.29 is 9.90 Å². The highest BCUT2D eigenvalue weighted by atomic mass is 16.4. The van der Waals surface area contributed by atoms with E-state index < -0.39 is 12.0 Å². The second kappa shape index (κ2) is 3.90. The molecule has 1 aliphatic carbocycles. The Labute approximate surface area is 87.8 Å². The number of aromatic nitrogens is 1. The van der Waals surface area contributed by atoms with E-state index in [0.29, 0.717) is 11.6 Å². The summed E-state index contributed by atoms with van der Waals surface area (Å²) in [4.78, 5) is 13.6. The molecule has 0 spiro atoms. The number of nitrogens with one attached hydrogen (secondary N) is 1. The van der Waals surface area contributed by atoms with E-state index in [1.54, 1.807) is 6.07 Å². The minimum atomic E-state index is -1.02. The second-order valence-corrected chi connectivity index (χ2v) is 3.88. The van der Waals surface area contributed by atoms with E-state index in [-0.39, 0.29) is 0 Å². The van der Waals surface area contributed by atoms with Gasteiger partial charge in [-0.1, -0.05) is 6.08 Å². The summed E-state index contributed by atoms with van der Waals surface area (Å²) in [7, 11) is 0. The van der Waals surface area contributed by atoms with Crippen LogP contribution in [-0.4, -0.2) is 16.1 Å². The van der Waals surface area contributed by atoms with Crippen LogP contribution in [0.1, 0.15) is 30.3 Å². The van der Waals surface area contributed by atoms with Crippen molar-refractivity contribution in [1.82, 2.24) is 4.98 Å². The van der Waals surface area contributed by atoms with Crippen molar-refractivity contribution in [2.75, 3.05) is 0 Å². The van der Waals surface area contributed by atoms with Crippen LogP contribution in [0.15, 0.2) is 18.2 Å². The van der Waals surface area contributed by atoms with E-state index >= 15 is 0 Å². The largest absolute Gasteiger partial charge is 0.480 e. The number of hydrogen-bond donors (Lipinski definition) is 3. The van der Waals surface area contributed by atoms with Crippen molar-refractivity contribution in [2.24, 2.45) is 11.7 Å². The minimum Gasteiger partial charge on any atom is -0.480 e. The van der Waals surface area contributed by atoms with Crippen molar-refractivity contribution >= 4 is 12.0 Å². The van der Waals surface area contributed by atoms with Gasteiger partial charge in [-0.05, 0) is 37.0 Å². The third-order valence-electron chi connectivity index (χ3n) is 2.50. The molecule has 0 saturated heterocycles. The second-order valence-electron chi connectivity index (χ2n) is 3.88. The zero-order valence-electron chi connectivity index (χ0n) is 8.31. The van der Waals surface area contributed by atoms with E-state index in [0.717, 1.165) is 5.69 Å². The van der Waals surface area contributed by atoms with Crippen LogP contribution in [0.2, 0.25) is 0 Å². The molecule has 2 rings (SSSR count). The number of aromatic amines is 1. The molecule has 1 aromatic rings. The predicted molar refractivity (Wildman–Crippen MR) is 57.1 cm³/mol. The van der Waals surface area contributed by atoms with Crippen LogP contribution < -0.4 is 5.73 Å². The number of allylic oxidation sites excluding steroid dienone is 1. The lowest BCUT2D eigenvalue weighted by atomic mass is 10.2. The fourth-order valence-electron chi connectivity index (χ4n) is 1.37. The molecule has 1 saturated carbocycles. The van der Waals surface area contributed by atoms with Crippen LogP contribution >= 0.6 is 0 Å². The molecule has 1 unspecified atom stereocenters. The highest BCUT2D eigenvalue weighted by Gasteiger charge is 2.18. The monoisotopic (exact) mass is 206 g/mol. The summed E-state index contributed by atoms with van der Waals surface area (Å²) in [6.45, 7) is 0. The van der Waals surface area contributed by atoms with Crippen LogP contribution in [-0.2, 0) is 4.79 Å². The molecule has 0 radical (unpaired) electrons. The topological polar surface area (TPSA) is 79.1 Å². The third-order valence-corrected chi connectivity index (χ3v) is 2.50. The van der Waals surface area contributed by atoms with E-state index in [1.165, 1.54) is 12.8 Å². The fourth-order valence-corrected chi connectivity index (χ4v) is 1.37. The van der Waals surface area contributed by atoms with Gasteiger partial charge in [-0.15, -0.1) is 0 Å². The highest BCUT2D eigenvalue weighted by Crippen LogP contribution is 2.30. The molecule has 1 fully saturated rings. The van der Waals surface area contributed by atoms with E-state index in [4.69, 9.17) is 10.8 Å². The van der Waals surface area contributed by atoms with E-state index in [1.807, 2.05) is 12.1 Å². The molecule has 0 aliphatic heterocycles. The van der Waals surface area contributed by atoms with Gasteiger partial charge in [0.1, 0.15) is 6.04 Å². The number of rotatable bonds is 4. The first-order valence-electron chi connectivity index (χ1n) is 5.02. The Kier molecular flexibility index (Phi) is 2.60. The van der Waals surface area contributed by atoms with Gasteiger partial charge in [-0.2, -0.15) is 0 Å². The van der Waals surface area contributed by atoms with Crippen molar-refractivity contribution in [3.8, 4) is 0 Å². The van der Waals surface area contributed by atoms with E-state index in [2.05, 4.69) is 11.1 Å². The van der Waals surface area contributed by atoms with Crippen molar-refractivity contribution in [3.63, 3.8) is 0 Å². The van der Waals surface area contributed by atoms with Crippen LogP contribution in [0.25, 0.3) is 6.08 Å². The zero-order valence-corrected chi connectivity index (χ0v) is 8.31. The lowest BCUT2D eigenvalue weighted by Crippen LogP contribution is -2.20. The van der Waals surface area contributed by atoms with Crippen molar-refractivity contribution in [1.29, 1.82) is 0 Å². The summed E-state index contributed by atoms with van der Waals surface area (Å²) >= 11 is 0. The number of aliphatic carboxylic acids is 1. The maximum absolute atomic E-state index is 10.6. The third kappa shape index (κ3) is 2.47. The number of nitrogens with two attached hydrogens (primary N) is 1. The van der Waals surface area contributed by atoms with Crippen molar-refractivity contribution in [3.05, 3.63) is 29.6 Å². The molecule has 4 heteroatoms. The summed E-state index contributed by atoms with van der Waals surface area (Å²) in [5.41, 5.74) is 6.92. The van der Waals surface area contributed by atoms with Gasteiger partial charge in [0.05, 0.1) is 0 Å². The zero-order chi connectivity index (χ0) is 10.8. The molecule has 15 heavy (non-hydrogen) atoms. The molecular formula is C11H14N2O2. The molecule has 1 aliphatic rings. The molecular weight excluding hydrogens is 192 g/mol. The lowest BCUT2D eigenvalue weighted by Gasteiger charge is -2.01. The van der Waals surface area contributed by atoms with Gasteiger partial charge in [-0.25, -0.2) is 0 Å². The maximum atomic E-state index is 10.6. The summed E-state index contributed by atoms with van der Waals surface area (Å²) in [5, 5.41) is 8.71. The number of carboxylic acid groups (broad SMARTS) is 1. The van der Waals surface area contributed by atoms with Gasteiger partial charge in [0, 0.05) is 11.4 Å². The number of hydrogen-bond acceptors (Lipinski definition) is 2. The molecule has 1 heterocycles. The van der Waals surface area contributed by atoms with Crippen LogP contribution in [0.4, 0.5) is 0 Å². The Bertz CT molecular complexity index is 391. The molecule has 4 N–H and O–H groups in total. The minimum absolute atomic E-state index is 0.540. The number of H-pyrrole nitrogens is 1. The number of carbonyl (C=O) groups is 1. The Morgan fingerprint density at radius 1 is 1.60 bits per heavy atom. The van der Waals surface area contributed by atoms with Crippen LogP contribution in [0.3, 0.4) is 0 Å². The van der Waals surface area contributed by atoms with E-state index in [9.17, 15) is 4.79 Å². The molecule has 0 bridgehead atoms. The van der Waals surface area contributed by atoms with Gasteiger partial charge in [0.2, 0.25) is 0 Å². The fraction of sp³-hybridized carbons (Fsp3) is 0.364. The highest BCUT2D eigenvalue weighted by molar-refractivity contribution is 5.74. The van der Waals surface area contributed by atoms with Gasteiger partial charge in [0.15, 0.2) is 0 Å². The van der Waals surface area contributed by atoms with Gasteiger partial charge >= 0.3 is 5.97 Å². The normalized spacial score (nSPS) is 18.2. The summed E-state index contributed by atoms with van der Waals surface area (Å²) < 4.78 is 0. The first kappa shape index (κ1) is 9.98.